The molecule has 3 aliphatic rings. The zero-order valence-electron chi connectivity index (χ0n) is 20.2. The summed E-state index contributed by atoms with van der Waals surface area (Å²) in [6, 6.07) is 14.4. The van der Waals surface area contributed by atoms with E-state index in [2.05, 4.69) is 16.4 Å². The molecular formula is C28H26ClN5O3. The monoisotopic (exact) mass is 515 g/mol. The Labute approximate surface area is 219 Å². The van der Waals surface area contributed by atoms with Crippen molar-refractivity contribution in [1.29, 1.82) is 0 Å². The topological polar surface area (TPSA) is 88.4 Å². The molecule has 3 aromatic rings. The van der Waals surface area contributed by atoms with Gasteiger partial charge in [-0.2, -0.15) is 0 Å². The minimum atomic E-state index is -0.626. The van der Waals surface area contributed by atoms with Gasteiger partial charge in [0.2, 0.25) is 0 Å². The molecular weight excluding hydrogens is 490 g/mol. The maximum Gasteiger partial charge on any atom is 0.299 e. The summed E-state index contributed by atoms with van der Waals surface area (Å²) in [5, 5.41) is 8.91. The van der Waals surface area contributed by atoms with Crippen LogP contribution in [0, 0.1) is 0 Å². The van der Waals surface area contributed by atoms with Crippen molar-refractivity contribution < 1.29 is 14.4 Å². The molecule has 8 nitrogen and oxygen atoms in total. The van der Waals surface area contributed by atoms with Gasteiger partial charge < -0.3 is 4.90 Å². The van der Waals surface area contributed by atoms with Gasteiger partial charge in [0.25, 0.3) is 17.6 Å². The molecule has 1 saturated heterocycles. The molecule has 37 heavy (non-hydrogen) atoms. The molecule has 0 radical (unpaired) electrons. The first-order valence-corrected chi connectivity index (χ1v) is 13.0. The number of likely N-dealkylation sites (tertiary alicyclic amines) is 1. The van der Waals surface area contributed by atoms with Crippen LogP contribution in [0.3, 0.4) is 0 Å². The maximum atomic E-state index is 13.4. The number of ketones is 1. The smallest absolute Gasteiger partial charge is 0.299 e. The van der Waals surface area contributed by atoms with Crippen LogP contribution < -0.4 is 4.90 Å². The molecule has 2 fully saturated rings. The van der Waals surface area contributed by atoms with Crippen molar-refractivity contribution in [1.82, 2.24) is 19.9 Å². The second-order valence-corrected chi connectivity index (χ2v) is 10.3. The summed E-state index contributed by atoms with van der Waals surface area (Å²) >= 11 is 6.02. The number of amides is 2. The van der Waals surface area contributed by atoms with Gasteiger partial charge in [0.05, 0.1) is 30.0 Å². The molecule has 2 amide bonds. The van der Waals surface area contributed by atoms with E-state index >= 15 is 0 Å². The second kappa shape index (κ2) is 9.59. The highest BCUT2D eigenvalue weighted by molar-refractivity contribution is 6.52. The predicted molar refractivity (Wildman–Crippen MR) is 139 cm³/mol. The molecule has 0 unspecified atom stereocenters. The highest BCUT2D eigenvalue weighted by atomic mass is 35.5. The minimum Gasteiger partial charge on any atom is -0.329 e. The quantitative estimate of drug-likeness (QED) is 0.357. The summed E-state index contributed by atoms with van der Waals surface area (Å²) in [6.45, 7) is 0.0803. The number of nitrogens with zero attached hydrogens (tertiary/aromatic N) is 5. The average Bonchev–Trinajstić information content (AvgIpc) is 3.46. The van der Waals surface area contributed by atoms with E-state index in [0.717, 1.165) is 31.2 Å². The van der Waals surface area contributed by atoms with Crippen LogP contribution in [0.1, 0.15) is 59.8 Å². The number of hydrogen-bond acceptors (Lipinski definition) is 5. The van der Waals surface area contributed by atoms with Crippen molar-refractivity contribution >= 4 is 41.0 Å². The largest absolute Gasteiger partial charge is 0.329 e. The molecule has 9 heteroatoms. The van der Waals surface area contributed by atoms with Gasteiger partial charge in [-0.1, -0.05) is 78.6 Å². The fourth-order valence-electron chi connectivity index (χ4n) is 5.65. The van der Waals surface area contributed by atoms with E-state index in [4.69, 9.17) is 11.6 Å². The molecule has 2 atom stereocenters. The number of benzene rings is 2. The number of rotatable bonds is 6. The van der Waals surface area contributed by atoms with Gasteiger partial charge in [-0.3, -0.25) is 19.3 Å². The number of fused-ring (bicyclic) bond motifs is 1. The van der Waals surface area contributed by atoms with Crippen LogP contribution in [0.2, 0.25) is 5.02 Å². The first-order chi connectivity index (χ1) is 18.0. The molecule has 0 spiro atoms. The van der Waals surface area contributed by atoms with Crippen molar-refractivity contribution in [2.24, 2.45) is 0 Å². The van der Waals surface area contributed by atoms with Crippen molar-refractivity contribution in [2.75, 3.05) is 4.90 Å². The first kappa shape index (κ1) is 23.6. The molecule has 0 N–H and O–H groups in total. The van der Waals surface area contributed by atoms with Gasteiger partial charge in [-0.15, -0.1) is 5.10 Å². The molecule has 1 aliphatic carbocycles. The second-order valence-electron chi connectivity index (χ2n) is 9.81. The van der Waals surface area contributed by atoms with Crippen LogP contribution in [-0.4, -0.2) is 49.6 Å². The van der Waals surface area contributed by atoms with Crippen LogP contribution in [0.15, 0.2) is 60.8 Å². The van der Waals surface area contributed by atoms with Crippen LogP contribution in [0.25, 0.3) is 6.08 Å². The van der Waals surface area contributed by atoms with Crippen molar-refractivity contribution in [3.63, 3.8) is 0 Å². The third-order valence-corrected chi connectivity index (χ3v) is 7.74. The Balaban J connectivity index is 1.25. The van der Waals surface area contributed by atoms with E-state index in [1.54, 1.807) is 23.0 Å². The highest BCUT2D eigenvalue weighted by Gasteiger charge is 2.50. The van der Waals surface area contributed by atoms with E-state index in [9.17, 15) is 14.4 Å². The SMILES string of the molecule is O=C1C(=O)N(Cc2cn([C@@H]3C(=O)N(C4CCCCC4)[C@@H]3/C=C/c3ccccc3)nn2)c2ccc(Cl)cc21. The number of anilines is 1. The first-order valence-electron chi connectivity index (χ1n) is 12.6. The van der Waals surface area contributed by atoms with Gasteiger partial charge in [0.1, 0.15) is 5.69 Å². The summed E-state index contributed by atoms with van der Waals surface area (Å²) in [7, 11) is 0. The fraction of sp³-hybridized carbons (Fsp3) is 0.321. The number of halogens is 1. The number of aromatic nitrogens is 3. The van der Waals surface area contributed by atoms with E-state index < -0.39 is 17.7 Å². The van der Waals surface area contributed by atoms with Crippen molar-refractivity contribution in [3.05, 3.63) is 82.6 Å². The van der Waals surface area contributed by atoms with E-state index in [-0.39, 0.29) is 30.1 Å². The normalized spacial score (nSPS) is 22.1. The third-order valence-electron chi connectivity index (χ3n) is 7.50. The highest BCUT2D eigenvalue weighted by Crippen LogP contribution is 2.39. The summed E-state index contributed by atoms with van der Waals surface area (Å²) in [5.74, 6) is -1.18. The fourth-order valence-corrected chi connectivity index (χ4v) is 5.83. The molecule has 1 saturated carbocycles. The van der Waals surface area contributed by atoms with Crippen LogP contribution in [0.5, 0.6) is 0 Å². The maximum absolute atomic E-state index is 13.4. The Bertz CT molecular complexity index is 1400. The number of Topliss-reactive ketones (excluding diaryl/α,β-unsaturated/α-hetero) is 1. The number of β-lactam (4-membered cyclic amide) rings is 1. The Hall–Kier alpha value is -3.78. The van der Waals surface area contributed by atoms with Crippen LogP contribution in [-0.2, 0) is 16.1 Å². The Morgan fingerprint density at radius 2 is 1.78 bits per heavy atom. The number of hydrogen-bond donors (Lipinski definition) is 0. The van der Waals surface area contributed by atoms with Gasteiger partial charge in [0, 0.05) is 11.1 Å². The molecule has 0 bridgehead atoms. The lowest BCUT2D eigenvalue weighted by Crippen LogP contribution is -2.64. The minimum absolute atomic E-state index is 0.0403. The van der Waals surface area contributed by atoms with Crippen molar-refractivity contribution in [3.8, 4) is 0 Å². The Kier molecular flexibility index (Phi) is 6.12. The van der Waals surface area contributed by atoms with E-state index in [1.807, 2.05) is 41.3 Å². The molecule has 1 aromatic heterocycles. The standard InChI is InChI=1S/C28H26ClN5O3/c29-19-12-14-23-22(15-19)26(35)28(37)32(23)16-20-17-33(31-30-20)25-24(13-11-18-7-3-1-4-8-18)34(27(25)36)21-9-5-2-6-10-21/h1,3-4,7-8,11-15,17,21,24-25H,2,5-6,9-10,16H2/b13-11+/t24-,25+/m1/s1. The summed E-state index contributed by atoms with van der Waals surface area (Å²) in [5.41, 5.74) is 2.35. The van der Waals surface area contributed by atoms with E-state index in [0.29, 0.717) is 16.4 Å². The summed E-state index contributed by atoms with van der Waals surface area (Å²) in [6.07, 6.45) is 11.4. The number of carbonyl (C=O) groups excluding carboxylic acids is 3. The molecule has 188 valence electrons. The molecule has 6 rings (SSSR count). The zero-order chi connectivity index (χ0) is 25.5. The number of carbonyl (C=O) groups is 3. The lowest BCUT2D eigenvalue weighted by atomic mass is 9.85. The lowest BCUT2D eigenvalue weighted by molar-refractivity contribution is -0.157. The van der Waals surface area contributed by atoms with Gasteiger partial charge in [-0.25, -0.2) is 4.68 Å². The Morgan fingerprint density at radius 1 is 1.00 bits per heavy atom. The summed E-state index contributed by atoms with van der Waals surface area (Å²) in [4.78, 5) is 41.9. The molecule has 3 heterocycles. The van der Waals surface area contributed by atoms with E-state index in [1.165, 1.54) is 17.4 Å². The molecule has 2 aliphatic heterocycles. The van der Waals surface area contributed by atoms with Crippen LogP contribution in [0.4, 0.5) is 5.69 Å². The molecule has 2 aromatic carbocycles. The Morgan fingerprint density at radius 3 is 2.57 bits per heavy atom. The average molecular weight is 516 g/mol. The summed E-state index contributed by atoms with van der Waals surface area (Å²) < 4.78 is 1.60. The zero-order valence-corrected chi connectivity index (χ0v) is 20.9. The third kappa shape index (κ3) is 4.25. The van der Waals surface area contributed by atoms with Gasteiger partial charge in [0.15, 0.2) is 6.04 Å². The van der Waals surface area contributed by atoms with Gasteiger partial charge >= 0.3 is 0 Å². The predicted octanol–water partition coefficient (Wildman–Crippen LogP) is 4.46. The lowest BCUT2D eigenvalue weighted by Gasteiger charge is -2.50. The van der Waals surface area contributed by atoms with Gasteiger partial charge in [-0.05, 0) is 36.6 Å². The van der Waals surface area contributed by atoms with Crippen LogP contribution >= 0.6 is 11.6 Å². The van der Waals surface area contributed by atoms with Crippen molar-refractivity contribution in [2.45, 2.75) is 56.8 Å².